The number of aliphatic imine (C=N–C) groups is 1. The quantitative estimate of drug-likeness (QED) is 0.305. The molecular weight excluding hydrogens is 498 g/mol. The minimum Gasteiger partial charge on any atom is -0.489 e. The summed E-state index contributed by atoms with van der Waals surface area (Å²) in [5, 5.41) is 0. The number of nitrogens with zero attached hydrogens (tertiary/aromatic N) is 1. The predicted molar refractivity (Wildman–Crippen MR) is 120 cm³/mol. The third-order valence-corrected chi connectivity index (χ3v) is 5.53. The molecule has 6 heteroatoms. The zero-order valence-corrected chi connectivity index (χ0v) is 18.3. The fourth-order valence-electron chi connectivity index (χ4n) is 2.75. The largest absolute Gasteiger partial charge is 0.489 e. The van der Waals surface area contributed by atoms with E-state index in [0.717, 1.165) is 25.6 Å². The van der Waals surface area contributed by atoms with Gasteiger partial charge in [0.15, 0.2) is 5.70 Å². The number of benzene rings is 3. The molecule has 0 radical (unpaired) electrons. The highest BCUT2D eigenvalue weighted by molar-refractivity contribution is 9.10. The molecule has 1 aliphatic rings. The van der Waals surface area contributed by atoms with Gasteiger partial charge in [0, 0.05) is 20.1 Å². The highest BCUT2D eigenvalue weighted by atomic mass is 79.9. The topological polar surface area (TPSA) is 47.9 Å². The standard InChI is InChI=1S/C23H15Br2NO3/c24-18-10-8-16(9-11-18)22-26-21(23(27)29-22)13-15-4-3-6-19(12-15)28-14-17-5-1-2-7-20(17)25/h1-13H,14H2/b21-13-. The lowest BCUT2D eigenvalue weighted by Crippen LogP contribution is -2.05. The Bertz CT molecular complexity index is 1120. The molecule has 0 fully saturated rings. The van der Waals surface area contributed by atoms with Gasteiger partial charge >= 0.3 is 5.97 Å². The fraction of sp³-hybridized carbons (Fsp3) is 0.0435. The van der Waals surface area contributed by atoms with Gasteiger partial charge in [-0.2, -0.15) is 0 Å². The van der Waals surface area contributed by atoms with Crippen LogP contribution in [0.5, 0.6) is 5.75 Å². The van der Waals surface area contributed by atoms with Crippen molar-refractivity contribution in [1.82, 2.24) is 0 Å². The Morgan fingerprint density at radius 3 is 2.55 bits per heavy atom. The van der Waals surface area contributed by atoms with Gasteiger partial charge in [-0.3, -0.25) is 0 Å². The average Bonchev–Trinajstić information content (AvgIpc) is 3.08. The normalized spacial score (nSPS) is 14.6. The molecule has 0 bridgehead atoms. The molecule has 3 aromatic rings. The molecule has 0 N–H and O–H groups in total. The monoisotopic (exact) mass is 511 g/mol. The maximum Gasteiger partial charge on any atom is 0.363 e. The van der Waals surface area contributed by atoms with Crippen LogP contribution in [-0.2, 0) is 16.1 Å². The zero-order chi connectivity index (χ0) is 20.2. The molecule has 0 aliphatic carbocycles. The Morgan fingerprint density at radius 2 is 1.76 bits per heavy atom. The number of rotatable bonds is 5. The first-order valence-electron chi connectivity index (χ1n) is 8.83. The Balaban J connectivity index is 1.52. The Morgan fingerprint density at radius 1 is 0.966 bits per heavy atom. The van der Waals surface area contributed by atoms with Crippen molar-refractivity contribution in [3.8, 4) is 5.75 Å². The number of ether oxygens (including phenoxy) is 2. The van der Waals surface area contributed by atoms with Gasteiger partial charge in [-0.1, -0.05) is 62.2 Å². The maximum absolute atomic E-state index is 12.2. The second kappa shape index (κ2) is 8.76. The van der Waals surface area contributed by atoms with E-state index in [-0.39, 0.29) is 5.70 Å². The summed E-state index contributed by atoms with van der Waals surface area (Å²) in [6, 6.07) is 22.9. The van der Waals surface area contributed by atoms with Gasteiger partial charge in [-0.15, -0.1) is 0 Å². The van der Waals surface area contributed by atoms with Crippen LogP contribution in [0.15, 0.2) is 92.4 Å². The molecule has 0 spiro atoms. The van der Waals surface area contributed by atoms with Gasteiger partial charge in [-0.05, 0) is 54.1 Å². The number of hydrogen-bond donors (Lipinski definition) is 0. The average molecular weight is 513 g/mol. The van der Waals surface area contributed by atoms with Gasteiger partial charge in [0.1, 0.15) is 12.4 Å². The van der Waals surface area contributed by atoms with Crippen LogP contribution in [0.4, 0.5) is 0 Å². The summed E-state index contributed by atoms with van der Waals surface area (Å²) in [7, 11) is 0. The Labute approximate surface area is 185 Å². The number of carbonyl (C=O) groups excluding carboxylic acids is 1. The molecule has 29 heavy (non-hydrogen) atoms. The van der Waals surface area contributed by atoms with Crippen LogP contribution < -0.4 is 4.74 Å². The van der Waals surface area contributed by atoms with E-state index in [4.69, 9.17) is 9.47 Å². The third kappa shape index (κ3) is 4.83. The van der Waals surface area contributed by atoms with E-state index >= 15 is 0 Å². The smallest absolute Gasteiger partial charge is 0.363 e. The lowest BCUT2D eigenvalue weighted by atomic mass is 10.2. The van der Waals surface area contributed by atoms with Crippen molar-refractivity contribution >= 4 is 49.8 Å². The molecule has 0 aromatic heterocycles. The highest BCUT2D eigenvalue weighted by Crippen LogP contribution is 2.23. The second-order valence-electron chi connectivity index (χ2n) is 6.30. The van der Waals surface area contributed by atoms with Crippen molar-refractivity contribution < 1.29 is 14.3 Å². The molecule has 0 saturated carbocycles. The van der Waals surface area contributed by atoms with E-state index in [1.807, 2.05) is 72.8 Å². The molecule has 3 aromatic carbocycles. The van der Waals surface area contributed by atoms with E-state index in [9.17, 15) is 4.79 Å². The second-order valence-corrected chi connectivity index (χ2v) is 8.07. The number of esters is 1. The van der Waals surface area contributed by atoms with E-state index in [1.54, 1.807) is 6.08 Å². The third-order valence-electron chi connectivity index (χ3n) is 4.23. The van der Waals surface area contributed by atoms with Crippen molar-refractivity contribution in [2.45, 2.75) is 6.61 Å². The summed E-state index contributed by atoms with van der Waals surface area (Å²) in [5.41, 5.74) is 2.86. The molecule has 0 atom stereocenters. The molecule has 144 valence electrons. The Hall–Kier alpha value is -2.70. The predicted octanol–water partition coefficient (Wildman–Crippen LogP) is 6.14. The lowest BCUT2D eigenvalue weighted by molar-refractivity contribution is -0.129. The van der Waals surface area contributed by atoms with Crippen LogP contribution in [-0.4, -0.2) is 11.9 Å². The summed E-state index contributed by atoms with van der Waals surface area (Å²) >= 11 is 6.91. The SMILES string of the molecule is O=C1OC(c2ccc(Br)cc2)=N/C1=C\c1cccc(OCc2ccccc2Br)c1. The van der Waals surface area contributed by atoms with Gasteiger partial charge < -0.3 is 9.47 Å². The van der Waals surface area contributed by atoms with Gasteiger partial charge in [0.25, 0.3) is 0 Å². The van der Waals surface area contributed by atoms with E-state index in [2.05, 4.69) is 36.9 Å². The first-order valence-corrected chi connectivity index (χ1v) is 10.4. The fourth-order valence-corrected chi connectivity index (χ4v) is 3.42. The van der Waals surface area contributed by atoms with Gasteiger partial charge in [0.05, 0.1) is 0 Å². The molecule has 4 nitrogen and oxygen atoms in total. The van der Waals surface area contributed by atoms with Crippen LogP contribution >= 0.6 is 31.9 Å². The van der Waals surface area contributed by atoms with Crippen molar-refractivity contribution in [1.29, 1.82) is 0 Å². The highest BCUT2D eigenvalue weighted by Gasteiger charge is 2.24. The van der Waals surface area contributed by atoms with Crippen LogP contribution in [0.25, 0.3) is 6.08 Å². The first-order chi connectivity index (χ1) is 14.1. The first kappa shape index (κ1) is 19.6. The van der Waals surface area contributed by atoms with E-state index in [0.29, 0.717) is 18.3 Å². The summed E-state index contributed by atoms with van der Waals surface area (Å²) in [5.74, 6) is 0.538. The molecule has 1 aliphatic heterocycles. The number of carbonyl (C=O) groups is 1. The molecule has 0 amide bonds. The number of halogens is 2. The van der Waals surface area contributed by atoms with Crippen molar-refractivity contribution in [3.63, 3.8) is 0 Å². The van der Waals surface area contributed by atoms with E-state index in [1.165, 1.54) is 0 Å². The van der Waals surface area contributed by atoms with Gasteiger partial charge in [-0.25, -0.2) is 9.79 Å². The van der Waals surface area contributed by atoms with Crippen molar-refractivity contribution in [2.75, 3.05) is 0 Å². The van der Waals surface area contributed by atoms with E-state index < -0.39 is 5.97 Å². The zero-order valence-electron chi connectivity index (χ0n) is 15.1. The minimum atomic E-state index is -0.470. The molecular formula is C23H15Br2NO3. The molecule has 4 rings (SSSR count). The summed E-state index contributed by atoms with van der Waals surface area (Å²) in [4.78, 5) is 16.6. The maximum atomic E-state index is 12.2. The summed E-state index contributed by atoms with van der Waals surface area (Å²) in [6.07, 6.45) is 1.69. The molecule has 0 unspecified atom stereocenters. The van der Waals surface area contributed by atoms with Crippen LogP contribution in [0, 0.1) is 0 Å². The van der Waals surface area contributed by atoms with Crippen LogP contribution in [0.3, 0.4) is 0 Å². The summed E-state index contributed by atoms with van der Waals surface area (Å²) < 4.78 is 13.1. The van der Waals surface area contributed by atoms with Crippen molar-refractivity contribution in [3.05, 3.63) is 104 Å². The van der Waals surface area contributed by atoms with Gasteiger partial charge in [0.2, 0.25) is 5.90 Å². The Kier molecular flexibility index (Phi) is 5.92. The number of cyclic esters (lactones) is 1. The van der Waals surface area contributed by atoms with Crippen molar-refractivity contribution in [2.24, 2.45) is 4.99 Å². The van der Waals surface area contributed by atoms with Crippen LogP contribution in [0.1, 0.15) is 16.7 Å². The summed E-state index contributed by atoms with van der Waals surface area (Å²) in [6.45, 7) is 0.440. The number of hydrogen-bond acceptors (Lipinski definition) is 4. The lowest BCUT2D eigenvalue weighted by Gasteiger charge is -2.08. The minimum absolute atomic E-state index is 0.255. The molecule has 1 heterocycles. The molecule has 0 saturated heterocycles. The van der Waals surface area contributed by atoms with Crippen LogP contribution in [0.2, 0.25) is 0 Å².